The van der Waals surface area contributed by atoms with Crippen molar-refractivity contribution < 1.29 is 58.7 Å². The lowest BCUT2D eigenvalue weighted by Gasteiger charge is -2.37. The average molecular weight is 637 g/mol. The molecule has 0 spiro atoms. The molecule has 0 N–H and O–H groups in total. The van der Waals surface area contributed by atoms with Crippen LogP contribution in [0.25, 0.3) is 0 Å². The number of alkyl halides is 6. The van der Waals surface area contributed by atoms with Crippen LogP contribution in [0.15, 0.2) is 66.1 Å². The van der Waals surface area contributed by atoms with Gasteiger partial charge in [0.05, 0.1) is 22.1 Å². The van der Waals surface area contributed by atoms with Crippen LogP contribution in [0.2, 0.25) is 0 Å². The number of ether oxygens (including phenoxy) is 2. The monoisotopic (exact) mass is 636 g/mol. The molecule has 1 aliphatic heterocycles. The second kappa shape index (κ2) is 10.5. The number of para-hydroxylation sites is 1. The first-order valence-electron chi connectivity index (χ1n) is 12.3. The Labute approximate surface area is 240 Å². The highest BCUT2D eigenvalue weighted by atomic mass is 32.2. The standard InChI is InChI=1S/C26H22F6N2O8S/c1-3-16-12-23(21(35)41-13-24(27,28)29,22(36)42-14-25(30,31)32)20-26(16,34(37)38)18-6-4-5-7-19(18)33(20)43(39,40)17-10-8-15(2)9-11-17/h3-11,16,20H,1,12-14H2,2H3/t16-,20+,26-/m0/s1. The van der Waals surface area contributed by atoms with Crippen LogP contribution in [0, 0.1) is 28.4 Å². The number of nitrogens with zero attached hydrogens (tertiary/aromatic N) is 2. The van der Waals surface area contributed by atoms with Crippen LogP contribution in [0.5, 0.6) is 0 Å². The molecule has 1 fully saturated rings. The maximum atomic E-state index is 14.2. The minimum Gasteiger partial charge on any atom is -0.455 e. The Kier molecular flexibility index (Phi) is 7.79. The highest BCUT2D eigenvalue weighted by Gasteiger charge is 2.83. The summed E-state index contributed by atoms with van der Waals surface area (Å²) in [7, 11) is -5.02. The predicted octanol–water partition coefficient (Wildman–Crippen LogP) is 4.45. The fourth-order valence-electron chi connectivity index (χ4n) is 5.78. The van der Waals surface area contributed by atoms with E-state index < -0.39 is 92.4 Å². The maximum absolute atomic E-state index is 14.2. The van der Waals surface area contributed by atoms with Crippen molar-refractivity contribution in [1.29, 1.82) is 0 Å². The van der Waals surface area contributed by atoms with Crippen molar-refractivity contribution in [2.75, 3.05) is 17.5 Å². The lowest BCUT2D eigenvalue weighted by Crippen LogP contribution is -2.61. The van der Waals surface area contributed by atoms with Crippen molar-refractivity contribution in [3.63, 3.8) is 0 Å². The summed E-state index contributed by atoms with van der Waals surface area (Å²) < 4.78 is 116. The fraction of sp³-hybridized carbons (Fsp3) is 0.385. The van der Waals surface area contributed by atoms with E-state index in [4.69, 9.17) is 0 Å². The van der Waals surface area contributed by atoms with Gasteiger partial charge in [0.25, 0.3) is 15.6 Å². The highest BCUT2D eigenvalue weighted by Crippen LogP contribution is 2.65. The van der Waals surface area contributed by atoms with Gasteiger partial charge < -0.3 is 9.47 Å². The number of carbonyl (C=O) groups excluding carboxylic acids is 2. The first kappa shape index (κ1) is 31.8. The van der Waals surface area contributed by atoms with E-state index in [0.29, 0.717) is 9.87 Å². The van der Waals surface area contributed by atoms with Crippen LogP contribution in [0.4, 0.5) is 32.0 Å². The van der Waals surface area contributed by atoms with Crippen LogP contribution in [-0.4, -0.2) is 56.9 Å². The summed E-state index contributed by atoms with van der Waals surface area (Å²) in [5, 5.41) is 13.0. The lowest BCUT2D eigenvalue weighted by atomic mass is 9.77. The van der Waals surface area contributed by atoms with Crippen LogP contribution >= 0.6 is 0 Å². The third kappa shape index (κ3) is 5.08. The molecule has 4 rings (SSSR count). The molecule has 10 nitrogen and oxygen atoms in total. The summed E-state index contributed by atoms with van der Waals surface area (Å²) in [5.74, 6) is -6.01. The molecule has 232 valence electrons. The fourth-order valence-corrected chi connectivity index (χ4v) is 7.52. The summed E-state index contributed by atoms with van der Waals surface area (Å²) in [6.45, 7) is 0.414. The van der Waals surface area contributed by atoms with Gasteiger partial charge >= 0.3 is 24.3 Å². The van der Waals surface area contributed by atoms with Crippen molar-refractivity contribution in [3.8, 4) is 0 Å². The second-order valence-corrected chi connectivity index (χ2v) is 11.8. The molecule has 2 aliphatic rings. The highest BCUT2D eigenvalue weighted by molar-refractivity contribution is 7.93. The molecule has 0 saturated heterocycles. The molecule has 0 bridgehead atoms. The Morgan fingerprint density at radius 2 is 1.53 bits per heavy atom. The molecular formula is C26H22F6N2O8S. The molecule has 3 atom stereocenters. The van der Waals surface area contributed by atoms with Crippen molar-refractivity contribution in [2.24, 2.45) is 11.3 Å². The van der Waals surface area contributed by atoms with Gasteiger partial charge in [-0.3, -0.25) is 24.0 Å². The van der Waals surface area contributed by atoms with Crippen molar-refractivity contribution >= 4 is 27.6 Å². The number of esters is 2. The molecule has 0 radical (unpaired) electrons. The number of halogens is 6. The SMILES string of the molecule is C=C[C@H]1CC(C(=O)OCC(F)(F)F)(C(=O)OCC(F)(F)F)[C@H]2N(S(=O)(=O)c3ccc(C)cc3)c3ccccc3[C@]21[N+](=O)[O-]. The number of hydrogen-bond donors (Lipinski definition) is 0. The van der Waals surface area contributed by atoms with Gasteiger partial charge in [-0.25, -0.2) is 8.42 Å². The second-order valence-electron chi connectivity index (χ2n) is 10.0. The number of aryl methyl sites for hydroxylation is 1. The normalized spacial score (nSPS) is 22.8. The summed E-state index contributed by atoms with van der Waals surface area (Å²) in [5.41, 5.74) is -6.41. The van der Waals surface area contributed by atoms with E-state index in [1.54, 1.807) is 6.92 Å². The first-order chi connectivity index (χ1) is 19.8. The molecule has 2 aromatic carbocycles. The number of benzene rings is 2. The topological polar surface area (TPSA) is 133 Å². The predicted molar refractivity (Wildman–Crippen MR) is 135 cm³/mol. The Hall–Kier alpha value is -4.15. The molecule has 0 amide bonds. The number of anilines is 1. The minimum absolute atomic E-state index is 0.322. The summed E-state index contributed by atoms with van der Waals surface area (Å²) in [6.07, 6.45) is -10.7. The molecule has 0 unspecified atom stereocenters. The number of rotatable bonds is 8. The largest absolute Gasteiger partial charge is 0.455 e. The van der Waals surface area contributed by atoms with Crippen LogP contribution in [-0.2, 0) is 34.6 Å². The lowest BCUT2D eigenvalue weighted by molar-refractivity contribution is -0.585. The van der Waals surface area contributed by atoms with Gasteiger partial charge in [-0.05, 0) is 37.6 Å². The van der Waals surface area contributed by atoms with E-state index in [9.17, 15) is 54.5 Å². The van der Waals surface area contributed by atoms with Gasteiger partial charge in [0.2, 0.25) is 0 Å². The number of carbonyl (C=O) groups is 2. The third-order valence-electron chi connectivity index (χ3n) is 7.43. The van der Waals surface area contributed by atoms with Gasteiger partial charge in [0.1, 0.15) is 6.04 Å². The third-order valence-corrected chi connectivity index (χ3v) is 9.22. The Morgan fingerprint density at radius 3 is 2.00 bits per heavy atom. The van der Waals surface area contributed by atoms with E-state index in [-0.39, 0.29) is 5.56 Å². The smallest absolute Gasteiger partial charge is 0.422 e. The van der Waals surface area contributed by atoms with Crippen molar-refractivity contribution in [2.45, 2.75) is 42.2 Å². The Balaban J connectivity index is 2.08. The maximum Gasteiger partial charge on any atom is 0.422 e. The zero-order valence-corrected chi connectivity index (χ0v) is 22.8. The Morgan fingerprint density at radius 1 is 1.02 bits per heavy atom. The van der Waals surface area contributed by atoms with Crippen LogP contribution in [0.3, 0.4) is 0 Å². The summed E-state index contributed by atoms with van der Waals surface area (Å²) in [4.78, 5) is 38.6. The van der Waals surface area contributed by atoms with E-state index in [1.165, 1.54) is 24.3 Å². The summed E-state index contributed by atoms with van der Waals surface area (Å²) >= 11 is 0. The van der Waals surface area contributed by atoms with Crippen molar-refractivity contribution in [1.82, 2.24) is 0 Å². The zero-order valence-electron chi connectivity index (χ0n) is 22.0. The van der Waals surface area contributed by atoms with E-state index in [1.807, 2.05) is 0 Å². The molecule has 1 saturated carbocycles. The average Bonchev–Trinajstić information content (AvgIpc) is 3.40. The molecule has 0 aromatic heterocycles. The molecule has 43 heavy (non-hydrogen) atoms. The van der Waals surface area contributed by atoms with E-state index in [0.717, 1.165) is 30.3 Å². The molecular weight excluding hydrogens is 614 g/mol. The van der Waals surface area contributed by atoms with Gasteiger partial charge in [-0.1, -0.05) is 35.9 Å². The first-order valence-corrected chi connectivity index (χ1v) is 13.7. The van der Waals surface area contributed by atoms with Gasteiger partial charge in [-0.15, -0.1) is 6.58 Å². The van der Waals surface area contributed by atoms with Gasteiger partial charge in [-0.2, -0.15) is 26.3 Å². The number of sulfonamides is 1. The molecule has 2 aromatic rings. The van der Waals surface area contributed by atoms with E-state index in [2.05, 4.69) is 16.1 Å². The van der Waals surface area contributed by atoms with Gasteiger partial charge in [0.15, 0.2) is 18.6 Å². The summed E-state index contributed by atoms with van der Waals surface area (Å²) in [6, 6.07) is 7.09. The molecule has 1 aliphatic carbocycles. The van der Waals surface area contributed by atoms with Crippen LogP contribution in [0.1, 0.15) is 17.5 Å². The van der Waals surface area contributed by atoms with Gasteiger partial charge in [0, 0.05) is 4.92 Å². The minimum atomic E-state index is -5.20. The Bertz CT molecular complexity index is 1550. The quantitative estimate of drug-likeness (QED) is 0.104. The van der Waals surface area contributed by atoms with Crippen molar-refractivity contribution in [3.05, 3.63) is 82.4 Å². The number of fused-ring (bicyclic) bond motifs is 3. The molecule has 1 heterocycles. The van der Waals surface area contributed by atoms with E-state index >= 15 is 0 Å². The number of hydrogen-bond acceptors (Lipinski definition) is 8. The molecule has 17 heteroatoms. The zero-order chi connectivity index (χ0) is 32.2. The number of nitro groups is 1. The van der Waals surface area contributed by atoms with Crippen LogP contribution < -0.4 is 4.31 Å².